The van der Waals surface area contributed by atoms with Crippen LogP contribution in [0.1, 0.15) is 96.8 Å². The molecular formula is C21H38Mg. The second kappa shape index (κ2) is 23.4. The van der Waals surface area contributed by atoms with E-state index in [4.69, 9.17) is 0 Å². The molecule has 0 N–H and O–H groups in total. The van der Waals surface area contributed by atoms with Gasteiger partial charge in [-0.1, -0.05) is 90.4 Å². The van der Waals surface area contributed by atoms with E-state index in [1.165, 1.54) is 83.5 Å². The second-order valence-corrected chi connectivity index (χ2v) is 6.06. The standard InChI is InChI=1S/C16H33.C5H5.Mg/c1-3-5-7-9-11-13-15-16-14-12-10-8-6-4-2;1-2-4-5-3-1;/h1,3-16H2,2H3;1-5H;/q2*-1;+2. The third-order valence-corrected chi connectivity index (χ3v) is 3.91. The SMILES string of the molecule is [CH2-]CCCCCCCCCCCCCCC.[Mg+2].c1cc[cH-]c1. The van der Waals surface area contributed by atoms with Crippen LogP contribution in [0.2, 0.25) is 0 Å². The average molecular weight is 315 g/mol. The van der Waals surface area contributed by atoms with Crippen molar-refractivity contribution in [3.05, 3.63) is 37.3 Å². The summed E-state index contributed by atoms with van der Waals surface area (Å²) in [5.41, 5.74) is 0. The van der Waals surface area contributed by atoms with E-state index >= 15 is 0 Å². The Morgan fingerprint density at radius 3 is 1.27 bits per heavy atom. The molecule has 1 aromatic carbocycles. The van der Waals surface area contributed by atoms with E-state index in [2.05, 4.69) is 13.8 Å². The third kappa shape index (κ3) is 22.4. The van der Waals surface area contributed by atoms with Crippen molar-refractivity contribution in [1.29, 1.82) is 0 Å². The zero-order valence-electron chi connectivity index (χ0n) is 15.2. The first-order chi connectivity index (χ1) is 10.4. The fraction of sp³-hybridized carbons (Fsp3) is 0.714. The van der Waals surface area contributed by atoms with Crippen LogP contribution < -0.4 is 0 Å². The molecule has 0 aliphatic carbocycles. The Balaban J connectivity index is 0. The molecule has 0 unspecified atom stereocenters. The number of hydrogen-bond donors (Lipinski definition) is 0. The van der Waals surface area contributed by atoms with Gasteiger partial charge in [0.2, 0.25) is 0 Å². The van der Waals surface area contributed by atoms with Crippen molar-refractivity contribution >= 4 is 23.1 Å². The van der Waals surface area contributed by atoms with E-state index in [-0.39, 0.29) is 23.1 Å². The Morgan fingerprint density at radius 2 is 1.00 bits per heavy atom. The summed E-state index contributed by atoms with van der Waals surface area (Å²) >= 11 is 0. The van der Waals surface area contributed by atoms with Crippen LogP contribution in [0, 0.1) is 6.92 Å². The van der Waals surface area contributed by atoms with Gasteiger partial charge in [-0.3, -0.25) is 0 Å². The van der Waals surface area contributed by atoms with Gasteiger partial charge in [-0.15, -0.1) is 0 Å². The van der Waals surface area contributed by atoms with E-state index in [1.807, 2.05) is 30.3 Å². The summed E-state index contributed by atoms with van der Waals surface area (Å²) in [6.45, 7) is 6.16. The zero-order chi connectivity index (χ0) is 15.4. The van der Waals surface area contributed by atoms with E-state index in [0.29, 0.717) is 0 Å². The molecule has 0 nitrogen and oxygen atoms in total. The fourth-order valence-electron chi connectivity index (χ4n) is 2.52. The van der Waals surface area contributed by atoms with E-state index in [9.17, 15) is 0 Å². The number of rotatable bonds is 13. The molecule has 1 rings (SSSR count). The van der Waals surface area contributed by atoms with Crippen molar-refractivity contribution in [1.82, 2.24) is 0 Å². The van der Waals surface area contributed by atoms with E-state index in [1.54, 1.807) is 0 Å². The molecule has 0 bridgehead atoms. The summed E-state index contributed by atoms with van der Waals surface area (Å²) in [7, 11) is 0. The van der Waals surface area contributed by atoms with Gasteiger partial charge in [0.25, 0.3) is 0 Å². The van der Waals surface area contributed by atoms with Crippen molar-refractivity contribution in [3.8, 4) is 0 Å². The topological polar surface area (TPSA) is 0 Å². The molecule has 0 aliphatic heterocycles. The predicted molar refractivity (Wildman–Crippen MR) is 103 cm³/mol. The summed E-state index contributed by atoms with van der Waals surface area (Å²) < 4.78 is 0. The van der Waals surface area contributed by atoms with Gasteiger partial charge in [0.05, 0.1) is 0 Å². The normalized spacial score (nSPS) is 9.73. The molecule has 1 aromatic rings. The van der Waals surface area contributed by atoms with Crippen molar-refractivity contribution in [2.45, 2.75) is 96.8 Å². The van der Waals surface area contributed by atoms with Gasteiger partial charge in [0.15, 0.2) is 0 Å². The molecule has 0 fully saturated rings. The van der Waals surface area contributed by atoms with Crippen LogP contribution in [-0.2, 0) is 0 Å². The Bertz CT molecular complexity index is 209. The average Bonchev–Trinajstić information content (AvgIpc) is 3.08. The molecule has 0 saturated carbocycles. The second-order valence-electron chi connectivity index (χ2n) is 6.06. The van der Waals surface area contributed by atoms with Crippen molar-refractivity contribution in [3.63, 3.8) is 0 Å². The molecule has 0 radical (unpaired) electrons. The maximum atomic E-state index is 3.87. The summed E-state index contributed by atoms with van der Waals surface area (Å²) in [5, 5.41) is 0. The van der Waals surface area contributed by atoms with Crippen molar-refractivity contribution in [2.75, 3.05) is 0 Å². The van der Waals surface area contributed by atoms with Gasteiger partial charge >= 0.3 is 23.1 Å². The summed E-state index contributed by atoms with van der Waals surface area (Å²) in [5.74, 6) is 0. The van der Waals surface area contributed by atoms with Crippen molar-refractivity contribution in [2.24, 2.45) is 0 Å². The molecule has 0 amide bonds. The third-order valence-electron chi connectivity index (χ3n) is 3.91. The summed E-state index contributed by atoms with van der Waals surface area (Å²) in [6, 6.07) is 10.0. The first-order valence-corrected chi connectivity index (χ1v) is 9.37. The Hall–Kier alpha value is 0.116. The number of hydrogen-bond acceptors (Lipinski definition) is 0. The Kier molecular flexibility index (Phi) is 25.9. The van der Waals surface area contributed by atoms with Gasteiger partial charge in [0, 0.05) is 0 Å². The van der Waals surface area contributed by atoms with Crippen LogP contribution in [0.25, 0.3) is 0 Å². The minimum atomic E-state index is 0. The maximum Gasteiger partial charge on any atom is 2.00 e. The van der Waals surface area contributed by atoms with Gasteiger partial charge in [-0.25, -0.2) is 12.1 Å². The van der Waals surface area contributed by atoms with Crippen LogP contribution in [0.15, 0.2) is 30.3 Å². The molecule has 0 spiro atoms. The Labute approximate surface area is 157 Å². The molecule has 124 valence electrons. The molecule has 0 atom stereocenters. The smallest absolute Gasteiger partial charge is 0.343 e. The van der Waals surface area contributed by atoms with Gasteiger partial charge in [-0.05, 0) is 0 Å². The first kappa shape index (κ1) is 24.4. The van der Waals surface area contributed by atoms with Gasteiger partial charge < -0.3 is 6.92 Å². The minimum Gasteiger partial charge on any atom is -0.343 e. The molecule has 0 saturated heterocycles. The molecular weight excluding hydrogens is 277 g/mol. The maximum absolute atomic E-state index is 3.87. The van der Waals surface area contributed by atoms with Crippen LogP contribution in [-0.4, -0.2) is 23.1 Å². The molecule has 0 aromatic heterocycles. The quantitative estimate of drug-likeness (QED) is 0.203. The summed E-state index contributed by atoms with van der Waals surface area (Å²) in [6.07, 6.45) is 19.8. The van der Waals surface area contributed by atoms with Gasteiger partial charge in [0.1, 0.15) is 0 Å². The summed E-state index contributed by atoms with van der Waals surface area (Å²) in [4.78, 5) is 0. The van der Waals surface area contributed by atoms with Crippen LogP contribution in [0.3, 0.4) is 0 Å². The first-order valence-electron chi connectivity index (χ1n) is 9.37. The van der Waals surface area contributed by atoms with Crippen LogP contribution >= 0.6 is 0 Å². The monoisotopic (exact) mass is 314 g/mol. The van der Waals surface area contributed by atoms with Gasteiger partial charge in [-0.2, -0.15) is 24.6 Å². The predicted octanol–water partition coefficient (Wildman–Crippen LogP) is 7.33. The number of unbranched alkanes of at least 4 members (excludes halogenated alkanes) is 13. The molecule has 0 heterocycles. The van der Waals surface area contributed by atoms with Crippen molar-refractivity contribution < 1.29 is 0 Å². The van der Waals surface area contributed by atoms with Crippen LogP contribution in [0.5, 0.6) is 0 Å². The Morgan fingerprint density at radius 1 is 0.636 bits per heavy atom. The molecule has 1 heteroatoms. The fourth-order valence-corrected chi connectivity index (χ4v) is 2.52. The zero-order valence-corrected chi connectivity index (χ0v) is 16.6. The minimum absolute atomic E-state index is 0. The molecule has 0 aliphatic rings. The molecule has 22 heavy (non-hydrogen) atoms. The van der Waals surface area contributed by atoms with E-state index in [0.717, 1.165) is 6.42 Å². The largest absolute Gasteiger partial charge is 2.00 e. The van der Waals surface area contributed by atoms with E-state index < -0.39 is 0 Å². The van der Waals surface area contributed by atoms with Crippen LogP contribution in [0.4, 0.5) is 0 Å².